The molecule has 2 aromatic rings. The van der Waals surface area contributed by atoms with Gasteiger partial charge < -0.3 is 5.73 Å². The summed E-state index contributed by atoms with van der Waals surface area (Å²) in [5.41, 5.74) is 8.14. The number of aromatic nitrogens is 1. The molecule has 1 atom stereocenters. The van der Waals surface area contributed by atoms with Gasteiger partial charge in [-0.1, -0.05) is 28.1 Å². The van der Waals surface area contributed by atoms with E-state index in [1.165, 1.54) is 0 Å². The van der Waals surface area contributed by atoms with Crippen molar-refractivity contribution in [1.82, 2.24) is 4.98 Å². The lowest BCUT2D eigenvalue weighted by Crippen LogP contribution is -2.12. The van der Waals surface area contributed by atoms with Crippen LogP contribution in [0, 0.1) is 6.92 Å². The van der Waals surface area contributed by atoms with Crippen LogP contribution in [0.3, 0.4) is 0 Å². The van der Waals surface area contributed by atoms with E-state index in [1.807, 2.05) is 36.6 Å². The largest absolute Gasteiger partial charge is 0.319 e. The molecule has 0 bridgehead atoms. The first-order chi connectivity index (χ1) is 7.16. The summed E-state index contributed by atoms with van der Waals surface area (Å²) in [4.78, 5) is 4.39. The smallest absolute Gasteiger partial charge is 0.0898 e. The van der Waals surface area contributed by atoms with Crippen LogP contribution in [0.25, 0.3) is 0 Å². The van der Waals surface area contributed by atoms with Crippen molar-refractivity contribution in [1.29, 1.82) is 0 Å². The summed E-state index contributed by atoms with van der Waals surface area (Å²) < 4.78 is 1.04. The Morgan fingerprint density at radius 1 is 1.47 bits per heavy atom. The van der Waals surface area contributed by atoms with Crippen LogP contribution >= 0.6 is 27.3 Å². The van der Waals surface area contributed by atoms with E-state index in [1.54, 1.807) is 11.3 Å². The van der Waals surface area contributed by atoms with Crippen LogP contribution in [-0.2, 0) is 0 Å². The molecule has 2 nitrogen and oxygen atoms in total. The molecular weight excluding hydrogens is 272 g/mol. The molecule has 78 valence electrons. The van der Waals surface area contributed by atoms with Gasteiger partial charge >= 0.3 is 0 Å². The fourth-order valence-electron chi connectivity index (χ4n) is 1.39. The van der Waals surface area contributed by atoms with Gasteiger partial charge in [0, 0.05) is 9.85 Å². The lowest BCUT2D eigenvalue weighted by Gasteiger charge is -2.09. The van der Waals surface area contributed by atoms with Gasteiger partial charge in [0.25, 0.3) is 0 Å². The first-order valence-electron chi connectivity index (χ1n) is 4.60. The molecule has 0 saturated carbocycles. The van der Waals surface area contributed by atoms with E-state index in [-0.39, 0.29) is 6.04 Å². The highest BCUT2D eigenvalue weighted by Crippen LogP contribution is 2.23. The third-order valence-corrected chi connectivity index (χ3v) is 3.45. The van der Waals surface area contributed by atoms with E-state index < -0.39 is 0 Å². The van der Waals surface area contributed by atoms with E-state index in [0.29, 0.717) is 0 Å². The second-order valence-corrected chi connectivity index (χ2v) is 5.30. The van der Waals surface area contributed by atoms with Gasteiger partial charge in [0.1, 0.15) is 0 Å². The number of nitrogens with zero attached hydrogens (tertiary/aromatic N) is 1. The molecule has 1 aromatic carbocycles. The minimum absolute atomic E-state index is 0.132. The highest BCUT2D eigenvalue weighted by molar-refractivity contribution is 9.10. The minimum Gasteiger partial charge on any atom is -0.319 e. The number of benzene rings is 1. The van der Waals surface area contributed by atoms with Gasteiger partial charge in [-0.15, -0.1) is 11.3 Å². The van der Waals surface area contributed by atoms with Crippen molar-refractivity contribution in [3.63, 3.8) is 0 Å². The molecule has 0 aliphatic rings. The summed E-state index contributed by atoms with van der Waals surface area (Å²) in [6.45, 7) is 1.99. The Bertz CT molecular complexity index is 467. The Labute approximate surface area is 101 Å². The zero-order valence-electron chi connectivity index (χ0n) is 8.27. The molecule has 2 rings (SSSR count). The monoisotopic (exact) mass is 282 g/mol. The standard InChI is InChI=1S/C11H11BrN2S/c1-7-14-10(6-15-7)11(13)8-3-2-4-9(12)5-8/h2-6,11H,13H2,1H3. The number of thiazole rings is 1. The van der Waals surface area contributed by atoms with Crippen molar-refractivity contribution < 1.29 is 0 Å². The SMILES string of the molecule is Cc1nc(C(N)c2cccc(Br)c2)cs1. The topological polar surface area (TPSA) is 38.9 Å². The predicted molar refractivity (Wildman–Crippen MR) is 67.0 cm³/mol. The lowest BCUT2D eigenvalue weighted by molar-refractivity contribution is 0.834. The molecule has 0 fully saturated rings. The quantitative estimate of drug-likeness (QED) is 0.918. The highest BCUT2D eigenvalue weighted by Gasteiger charge is 2.11. The van der Waals surface area contributed by atoms with Crippen LogP contribution in [0.1, 0.15) is 22.3 Å². The molecular formula is C11H11BrN2S. The van der Waals surface area contributed by atoms with Gasteiger partial charge in [0.15, 0.2) is 0 Å². The Balaban J connectivity index is 2.32. The maximum absolute atomic E-state index is 6.12. The Hall–Kier alpha value is -0.710. The maximum Gasteiger partial charge on any atom is 0.0898 e. The van der Waals surface area contributed by atoms with Gasteiger partial charge in [-0.2, -0.15) is 0 Å². The normalized spacial score (nSPS) is 12.7. The van der Waals surface area contributed by atoms with Crippen LogP contribution in [0.4, 0.5) is 0 Å². The second-order valence-electron chi connectivity index (χ2n) is 3.32. The first-order valence-corrected chi connectivity index (χ1v) is 6.27. The van der Waals surface area contributed by atoms with Gasteiger partial charge in [0.05, 0.1) is 16.7 Å². The summed E-state index contributed by atoms with van der Waals surface area (Å²) >= 11 is 5.06. The molecule has 0 spiro atoms. The van der Waals surface area contributed by atoms with E-state index in [4.69, 9.17) is 5.73 Å². The molecule has 1 aromatic heterocycles. The number of rotatable bonds is 2. The van der Waals surface area contributed by atoms with E-state index >= 15 is 0 Å². The molecule has 1 heterocycles. The number of aryl methyl sites for hydroxylation is 1. The molecule has 0 aliphatic heterocycles. The number of hydrogen-bond acceptors (Lipinski definition) is 3. The summed E-state index contributed by atoms with van der Waals surface area (Å²) in [7, 11) is 0. The maximum atomic E-state index is 6.12. The van der Waals surface area contributed by atoms with Gasteiger partial charge in [-0.05, 0) is 24.6 Å². The van der Waals surface area contributed by atoms with Crippen molar-refractivity contribution in [3.8, 4) is 0 Å². The molecule has 4 heteroatoms. The summed E-state index contributed by atoms with van der Waals surface area (Å²) in [5.74, 6) is 0. The third kappa shape index (κ3) is 2.45. The molecule has 0 radical (unpaired) electrons. The average Bonchev–Trinajstić information content (AvgIpc) is 2.64. The Kier molecular flexibility index (Phi) is 3.19. The van der Waals surface area contributed by atoms with Crippen LogP contribution < -0.4 is 5.73 Å². The van der Waals surface area contributed by atoms with Gasteiger partial charge in [-0.25, -0.2) is 4.98 Å². The molecule has 0 saturated heterocycles. The van der Waals surface area contributed by atoms with E-state index in [9.17, 15) is 0 Å². The van der Waals surface area contributed by atoms with Crippen molar-refractivity contribution in [2.45, 2.75) is 13.0 Å². The van der Waals surface area contributed by atoms with Crippen LogP contribution in [0.5, 0.6) is 0 Å². The van der Waals surface area contributed by atoms with E-state index in [0.717, 1.165) is 20.7 Å². The molecule has 0 amide bonds. The zero-order chi connectivity index (χ0) is 10.8. The summed E-state index contributed by atoms with van der Waals surface area (Å²) in [5, 5.41) is 3.07. The minimum atomic E-state index is -0.132. The van der Waals surface area contributed by atoms with Crippen molar-refractivity contribution >= 4 is 27.3 Å². The van der Waals surface area contributed by atoms with Crippen LogP contribution in [-0.4, -0.2) is 4.98 Å². The first kappa shape index (κ1) is 10.8. The highest BCUT2D eigenvalue weighted by atomic mass is 79.9. The summed E-state index contributed by atoms with van der Waals surface area (Å²) in [6, 6.07) is 7.89. The fourth-order valence-corrected chi connectivity index (χ4v) is 2.46. The zero-order valence-corrected chi connectivity index (χ0v) is 10.7. The Morgan fingerprint density at radius 2 is 2.27 bits per heavy atom. The number of nitrogens with two attached hydrogens (primary N) is 1. The van der Waals surface area contributed by atoms with Gasteiger partial charge in [-0.3, -0.25) is 0 Å². The molecule has 0 aliphatic carbocycles. The van der Waals surface area contributed by atoms with Gasteiger partial charge in [0.2, 0.25) is 0 Å². The van der Waals surface area contributed by atoms with Crippen LogP contribution in [0.2, 0.25) is 0 Å². The Morgan fingerprint density at radius 3 is 2.87 bits per heavy atom. The van der Waals surface area contributed by atoms with Crippen molar-refractivity contribution in [2.75, 3.05) is 0 Å². The number of hydrogen-bond donors (Lipinski definition) is 1. The molecule has 2 N–H and O–H groups in total. The predicted octanol–water partition coefficient (Wildman–Crippen LogP) is 3.26. The van der Waals surface area contributed by atoms with Crippen molar-refractivity contribution in [2.24, 2.45) is 5.73 Å². The summed E-state index contributed by atoms with van der Waals surface area (Å²) in [6.07, 6.45) is 0. The average molecular weight is 283 g/mol. The lowest BCUT2D eigenvalue weighted by atomic mass is 10.1. The molecule has 1 unspecified atom stereocenters. The second kappa shape index (κ2) is 4.43. The van der Waals surface area contributed by atoms with Crippen LogP contribution in [0.15, 0.2) is 34.1 Å². The number of halogens is 1. The van der Waals surface area contributed by atoms with E-state index in [2.05, 4.69) is 20.9 Å². The fraction of sp³-hybridized carbons (Fsp3) is 0.182. The third-order valence-electron chi connectivity index (χ3n) is 2.16. The van der Waals surface area contributed by atoms with Crippen molar-refractivity contribution in [3.05, 3.63) is 50.4 Å². The molecule has 15 heavy (non-hydrogen) atoms.